The summed E-state index contributed by atoms with van der Waals surface area (Å²) in [6.45, 7) is 1.85. The van der Waals surface area contributed by atoms with Gasteiger partial charge in [0.05, 0.1) is 17.7 Å². The van der Waals surface area contributed by atoms with Gasteiger partial charge in [-0.15, -0.1) is 0 Å². The predicted molar refractivity (Wildman–Crippen MR) is 104 cm³/mol. The van der Waals surface area contributed by atoms with Crippen LogP contribution in [0.3, 0.4) is 0 Å². The number of benzene rings is 2. The van der Waals surface area contributed by atoms with Gasteiger partial charge >= 0.3 is 0 Å². The molecule has 0 fully saturated rings. The quantitative estimate of drug-likeness (QED) is 0.746. The molecular weight excluding hydrogens is 368 g/mol. The highest BCUT2D eigenvalue weighted by Gasteiger charge is 2.20. The van der Waals surface area contributed by atoms with Crippen LogP contribution in [0.4, 0.5) is 5.69 Å². The van der Waals surface area contributed by atoms with E-state index >= 15 is 0 Å². The van der Waals surface area contributed by atoms with Crippen molar-refractivity contribution in [1.82, 2.24) is 4.31 Å². The lowest BCUT2D eigenvalue weighted by Crippen LogP contribution is -2.23. The van der Waals surface area contributed by atoms with Crippen LogP contribution in [-0.4, -0.2) is 46.4 Å². The molecule has 0 radical (unpaired) electrons. The van der Waals surface area contributed by atoms with Gasteiger partial charge in [-0.1, -0.05) is 19.1 Å². The van der Waals surface area contributed by atoms with Gasteiger partial charge in [0.2, 0.25) is 10.0 Å². The molecule has 0 bridgehead atoms. The van der Waals surface area contributed by atoms with E-state index in [-0.39, 0.29) is 17.2 Å². The summed E-state index contributed by atoms with van der Waals surface area (Å²) in [6.07, 6.45) is 0.923. The fraction of sp³-hybridized carbons (Fsp3) is 0.316. The molecule has 1 amide bonds. The second-order valence-electron chi connectivity index (χ2n) is 5.98. The largest absolute Gasteiger partial charge is 0.495 e. The topological polar surface area (TPSA) is 84.9 Å². The summed E-state index contributed by atoms with van der Waals surface area (Å²) in [7, 11) is 0.694. The third-order valence-corrected chi connectivity index (χ3v) is 5.74. The van der Waals surface area contributed by atoms with Crippen LogP contribution in [0.15, 0.2) is 47.4 Å². The maximum Gasteiger partial charge on any atom is 0.262 e. The summed E-state index contributed by atoms with van der Waals surface area (Å²) >= 11 is 0. The van der Waals surface area contributed by atoms with E-state index in [0.29, 0.717) is 11.5 Å². The van der Waals surface area contributed by atoms with Gasteiger partial charge in [0.1, 0.15) is 11.5 Å². The summed E-state index contributed by atoms with van der Waals surface area (Å²) < 4.78 is 36.3. The number of carbonyl (C=O) groups is 1. The molecule has 0 saturated heterocycles. The minimum absolute atomic E-state index is 0.0553. The van der Waals surface area contributed by atoms with E-state index in [1.165, 1.54) is 45.0 Å². The first-order chi connectivity index (χ1) is 12.8. The number of methoxy groups -OCH3 is 1. The number of nitrogens with one attached hydrogen (secondary N) is 1. The number of ether oxygens (including phenoxy) is 2. The number of nitrogens with zero attached hydrogens (tertiary/aromatic N) is 1. The van der Waals surface area contributed by atoms with Gasteiger partial charge in [-0.05, 0) is 42.3 Å². The van der Waals surface area contributed by atoms with Crippen molar-refractivity contribution < 1.29 is 22.7 Å². The molecule has 2 rings (SSSR count). The summed E-state index contributed by atoms with van der Waals surface area (Å²) in [6, 6.07) is 11.8. The molecular formula is C19H24N2O5S. The first-order valence-corrected chi connectivity index (χ1v) is 9.84. The SMILES string of the molecule is CCc1ccc(OCC(=O)Nc2cc(S(=O)(=O)N(C)C)ccc2OC)cc1. The molecule has 0 aliphatic heterocycles. The van der Waals surface area contributed by atoms with E-state index in [2.05, 4.69) is 12.2 Å². The number of hydrogen-bond acceptors (Lipinski definition) is 5. The van der Waals surface area contributed by atoms with Crippen molar-refractivity contribution in [3.8, 4) is 11.5 Å². The first kappa shape index (κ1) is 20.7. The highest BCUT2D eigenvalue weighted by Crippen LogP contribution is 2.28. The van der Waals surface area contributed by atoms with Crippen molar-refractivity contribution in [3.63, 3.8) is 0 Å². The average Bonchev–Trinajstić information content (AvgIpc) is 2.66. The van der Waals surface area contributed by atoms with Crippen LogP contribution in [0.25, 0.3) is 0 Å². The number of rotatable bonds is 8. The Balaban J connectivity index is 2.11. The van der Waals surface area contributed by atoms with E-state index in [1.54, 1.807) is 12.1 Å². The Hall–Kier alpha value is -2.58. The van der Waals surface area contributed by atoms with Crippen LogP contribution in [0.5, 0.6) is 11.5 Å². The summed E-state index contributed by atoms with van der Waals surface area (Å²) in [5, 5.41) is 2.63. The van der Waals surface area contributed by atoms with Crippen molar-refractivity contribution in [3.05, 3.63) is 48.0 Å². The second kappa shape index (κ2) is 8.88. The zero-order chi connectivity index (χ0) is 20.0. The summed E-state index contributed by atoms with van der Waals surface area (Å²) in [5.41, 5.74) is 1.44. The third-order valence-electron chi connectivity index (χ3n) is 3.93. The molecule has 0 aliphatic rings. The van der Waals surface area contributed by atoms with Gasteiger partial charge in [-0.25, -0.2) is 12.7 Å². The normalized spacial score (nSPS) is 11.3. The first-order valence-electron chi connectivity index (χ1n) is 8.40. The van der Waals surface area contributed by atoms with Crippen molar-refractivity contribution in [2.24, 2.45) is 0 Å². The van der Waals surface area contributed by atoms with Gasteiger partial charge < -0.3 is 14.8 Å². The van der Waals surface area contributed by atoms with Crippen LogP contribution in [0, 0.1) is 0 Å². The highest BCUT2D eigenvalue weighted by atomic mass is 32.2. The van der Waals surface area contributed by atoms with Crippen molar-refractivity contribution >= 4 is 21.6 Å². The van der Waals surface area contributed by atoms with Crippen LogP contribution >= 0.6 is 0 Å². The average molecular weight is 392 g/mol. The number of amides is 1. The number of aryl methyl sites for hydroxylation is 1. The van der Waals surface area contributed by atoms with Crippen LogP contribution < -0.4 is 14.8 Å². The Morgan fingerprint density at radius 1 is 1.11 bits per heavy atom. The third kappa shape index (κ3) is 5.21. The molecule has 0 saturated carbocycles. The Bertz CT molecular complexity index is 893. The Kier molecular flexibility index (Phi) is 6.81. The van der Waals surface area contributed by atoms with E-state index in [9.17, 15) is 13.2 Å². The lowest BCUT2D eigenvalue weighted by Gasteiger charge is -2.15. The molecule has 8 heteroatoms. The van der Waals surface area contributed by atoms with Gasteiger partial charge in [-0.3, -0.25) is 4.79 Å². The van der Waals surface area contributed by atoms with Crippen LogP contribution in [0.2, 0.25) is 0 Å². The number of hydrogen-bond donors (Lipinski definition) is 1. The fourth-order valence-electron chi connectivity index (χ4n) is 2.31. The minimum atomic E-state index is -3.63. The van der Waals surface area contributed by atoms with Crippen molar-refractivity contribution in [1.29, 1.82) is 0 Å². The molecule has 146 valence electrons. The molecule has 2 aromatic carbocycles. The molecule has 0 aromatic heterocycles. The lowest BCUT2D eigenvalue weighted by molar-refractivity contribution is -0.118. The number of carbonyl (C=O) groups excluding carboxylic acids is 1. The molecule has 0 atom stereocenters. The standard InChI is InChI=1S/C19H24N2O5S/c1-5-14-6-8-15(9-7-14)26-13-19(22)20-17-12-16(10-11-18(17)25-4)27(23,24)21(2)3/h6-12H,5,13H2,1-4H3,(H,20,22). The molecule has 0 spiro atoms. The Morgan fingerprint density at radius 3 is 2.33 bits per heavy atom. The maximum absolute atomic E-state index is 12.3. The van der Waals surface area contributed by atoms with Crippen LogP contribution in [0.1, 0.15) is 12.5 Å². The Morgan fingerprint density at radius 2 is 1.78 bits per heavy atom. The smallest absolute Gasteiger partial charge is 0.262 e. The second-order valence-corrected chi connectivity index (χ2v) is 8.14. The monoisotopic (exact) mass is 392 g/mol. The van der Waals surface area contributed by atoms with Gasteiger partial charge in [0.15, 0.2) is 6.61 Å². The van der Waals surface area contributed by atoms with Crippen LogP contribution in [-0.2, 0) is 21.2 Å². The van der Waals surface area contributed by atoms with Gasteiger partial charge in [0.25, 0.3) is 5.91 Å². The summed E-state index contributed by atoms with van der Waals surface area (Å²) in [4.78, 5) is 12.3. The van der Waals surface area contributed by atoms with Crippen molar-refractivity contribution in [2.75, 3.05) is 33.1 Å². The van der Waals surface area contributed by atoms with Gasteiger partial charge in [0, 0.05) is 14.1 Å². The molecule has 0 unspecified atom stereocenters. The maximum atomic E-state index is 12.3. The molecule has 0 heterocycles. The highest BCUT2D eigenvalue weighted by molar-refractivity contribution is 7.89. The predicted octanol–water partition coefficient (Wildman–Crippen LogP) is 2.53. The van der Waals surface area contributed by atoms with E-state index in [4.69, 9.17) is 9.47 Å². The van der Waals surface area contributed by atoms with E-state index in [1.807, 2.05) is 12.1 Å². The lowest BCUT2D eigenvalue weighted by atomic mass is 10.2. The van der Waals surface area contributed by atoms with E-state index < -0.39 is 15.9 Å². The van der Waals surface area contributed by atoms with Gasteiger partial charge in [-0.2, -0.15) is 0 Å². The summed E-state index contributed by atoms with van der Waals surface area (Å²) in [5.74, 6) is 0.513. The molecule has 2 aromatic rings. The minimum Gasteiger partial charge on any atom is -0.495 e. The molecule has 0 aliphatic carbocycles. The zero-order valence-electron chi connectivity index (χ0n) is 15.9. The fourth-order valence-corrected chi connectivity index (χ4v) is 3.24. The number of anilines is 1. The van der Waals surface area contributed by atoms with Crippen molar-refractivity contribution in [2.45, 2.75) is 18.2 Å². The van der Waals surface area contributed by atoms with E-state index in [0.717, 1.165) is 10.7 Å². The molecule has 27 heavy (non-hydrogen) atoms. The zero-order valence-corrected chi connectivity index (χ0v) is 16.7. The molecule has 7 nitrogen and oxygen atoms in total. The molecule has 1 N–H and O–H groups in total. The number of sulfonamides is 1. The Labute approximate surface area is 160 Å².